The van der Waals surface area contributed by atoms with E-state index in [9.17, 15) is 31.1 Å². The molecule has 1 N–H and O–H groups in total. The van der Waals surface area contributed by atoms with Gasteiger partial charge in [-0.3, -0.25) is 4.79 Å². The highest BCUT2D eigenvalue weighted by Crippen LogP contribution is 2.31. The molecule has 0 bridgehead atoms. The van der Waals surface area contributed by atoms with E-state index in [2.05, 4.69) is 31.7 Å². The van der Waals surface area contributed by atoms with Crippen LogP contribution in [-0.4, -0.2) is 37.3 Å². The lowest BCUT2D eigenvalue weighted by atomic mass is 10.1. The maximum Gasteiger partial charge on any atom is 0.422 e. The van der Waals surface area contributed by atoms with Crippen LogP contribution in [0.5, 0.6) is 0 Å². The molecular weight excluding hydrogens is 502 g/mol. The Morgan fingerprint density at radius 3 is 2.19 bits per heavy atom. The van der Waals surface area contributed by atoms with E-state index in [1.807, 2.05) is 0 Å². The number of hydrogen-bond donors (Lipinski definition) is 1. The topological polar surface area (TPSA) is 75.4 Å². The molecule has 37 heavy (non-hydrogen) atoms. The monoisotopic (exact) mass is 520 g/mol. The number of rotatable bonds is 5. The molecule has 0 unspecified atom stereocenters. The summed E-state index contributed by atoms with van der Waals surface area (Å²) in [6, 6.07) is 17.0. The van der Waals surface area contributed by atoms with Gasteiger partial charge in [-0.2, -0.15) is 36.3 Å². The molecule has 3 rings (SSSR count). The Morgan fingerprint density at radius 2 is 1.54 bits per heavy atom. The van der Waals surface area contributed by atoms with Gasteiger partial charge in [0.1, 0.15) is 0 Å². The molecular formula is C25H18F6N4O2. The Balaban J connectivity index is 1.96. The van der Waals surface area contributed by atoms with Crippen LogP contribution in [0.4, 0.5) is 37.7 Å². The summed E-state index contributed by atoms with van der Waals surface area (Å²) in [5.74, 6) is -0.759. The standard InChI is InChI=1S/C25H18F6N4O2/c1-32-21(16-7-5-8-17(13-16)22(36)33-19-10-3-2-4-11-19)35-23(37-15-24(26,27)28)34-20-12-6-9-18(14-20)25(29,30)31/h2-14H,1,15H2,(H,33,36)/b34-23?,35-21-. The van der Waals surface area contributed by atoms with Crippen LogP contribution in [0.3, 0.4) is 0 Å². The van der Waals surface area contributed by atoms with Crippen LogP contribution in [0.15, 0.2) is 93.8 Å². The smallest absolute Gasteiger partial charge is 0.422 e. The van der Waals surface area contributed by atoms with Crippen molar-refractivity contribution in [3.63, 3.8) is 0 Å². The van der Waals surface area contributed by atoms with Crippen LogP contribution >= 0.6 is 0 Å². The van der Waals surface area contributed by atoms with Gasteiger partial charge in [-0.05, 0) is 49.2 Å². The van der Waals surface area contributed by atoms with Crippen molar-refractivity contribution in [2.24, 2.45) is 15.0 Å². The second kappa shape index (κ2) is 11.5. The first-order chi connectivity index (χ1) is 17.4. The Labute approximate surface area is 207 Å². The zero-order valence-corrected chi connectivity index (χ0v) is 18.8. The zero-order valence-electron chi connectivity index (χ0n) is 18.8. The van der Waals surface area contributed by atoms with Crippen LogP contribution in [0.2, 0.25) is 0 Å². The first kappa shape index (κ1) is 27.1. The SMILES string of the molecule is C=N/C(=N\C(=Nc1cccc(C(F)(F)F)c1)OCC(F)(F)F)c1cccc(C(=O)Nc2ccccc2)c1. The number of ether oxygens (including phenoxy) is 1. The summed E-state index contributed by atoms with van der Waals surface area (Å²) in [6.45, 7) is 1.52. The molecule has 6 nitrogen and oxygen atoms in total. The van der Waals surface area contributed by atoms with Crippen molar-refractivity contribution in [2.75, 3.05) is 11.9 Å². The molecule has 0 saturated carbocycles. The third kappa shape index (κ3) is 8.30. The second-order valence-corrected chi connectivity index (χ2v) is 7.34. The molecule has 0 saturated heterocycles. The number of para-hydroxylation sites is 1. The first-order valence-corrected chi connectivity index (χ1v) is 10.4. The third-order valence-corrected chi connectivity index (χ3v) is 4.53. The highest BCUT2D eigenvalue weighted by atomic mass is 19.4. The minimum Gasteiger partial charge on any atom is -0.454 e. The van der Waals surface area contributed by atoms with Crippen molar-refractivity contribution < 1.29 is 35.9 Å². The van der Waals surface area contributed by atoms with E-state index in [0.29, 0.717) is 11.8 Å². The summed E-state index contributed by atoms with van der Waals surface area (Å²) in [5, 5.41) is 2.68. The van der Waals surface area contributed by atoms with Crippen molar-refractivity contribution in [1.29, 1.82) is 0 Å². The van der Waals surface area contributed by atoms with Gasteiger partial charge in [-0.25, -0.2) is 4.99 Å². The minimum absolute atomic E-state index is 0.170. The Kier molecular flexibility index (Phi) is 8.43. The Morgan fingerprint density at radius 1 is 0.865 bits per heavy atom. The summed E-state index contributed by atoms with van der Waals surface area (Å²) in [7, 11) is 0. The number of carbonyl (C=O) groups excluding carboxylic acids is 1. The van der Waals surface area contributed by atoms with E-state index in [0.717, 1.165) is 18.2 Å². The largest absolute Gasteiger partial charge is 0.454 e. The van der Waals surface area contributed by atoms with Crippen molar-refractivity contribution in [3.05, 3.63) is 95.6 Å². The summed E-state index contributed by atoms with van der Waals surface area (Å²) >= 11 is 0. The fourth-order valence-corrected chi connectivity index (χ4v) is 2.90. The average Bonchev–Trinajstić information content (AvgIpc) is 2.85. The number of aliphatic imine (C=N–C) groups is 3. The molecule has 0 aliphatic heterocycles. The molecule has 0 atom stereocenters. The molecule has 0 heterocycles. The number of amides is 1. The molecule has 192 valence electrons. The van der Waals surface area contributed by atoms with Gasteiger partial charge in [0.15, 0.2) is 12.4 Å². The summed E-state index contributed by atoms with van der Waals surface area (Å²) in [4.78, 5) is 23.8. The van der Waals surface area contributed by atoms with Crippen molar-refractivity contribution in [1.82, 2.24) is 0 Å². The number of amidine groups is 2. The van der Waals surface area contributed by atoms with Gasteiger partial charge in [0.25, 0.3) is 5.91 Å². The van der Waals surface area contributed by atoms with Crippen molar-refractivity contribution in [2.45, 2.75) is 12.4 Å². The lowest BCUT2D eigenvalue weighted by Crippen LogP contribution is -2.20. The molecule has 1 amide bonds. The number of nitrogens with zero attached hydrogens (tertiary/aromatic N) is 3. The van der Waals surface area contributed by atoms with Gasteiger partial charge >= 0.3 is 18.4 Å². The zero-order chi connectivity index (χ0) is 27.1. The number of halogens is 6. The molecule has 0 spiro atoms. The third-order valence-electron chi connectivity index (χ3n) is 4.53. The van der Waals surface area contributed by atoms with Crippen LogP contribution in [-0.2, 0) is 10.9 Å². The first-order valence-electron chi connectivity index (χ1n) is 10.4. The molecule has 12 heteroatoms. The number of alkyl halides is 6. The van der Waals surface area contributed by atoms with Gasteiger partial charge in [-0.15, -0.1) is 0 Å². The Hall–Kier alpha value is -4.48. The fraction of sp³-hybridized carbons (Fsp3) is 0.120. The van der Waals surface area contributed by atoms with Crippen LogP contribution < -0.4 is 5.32 Å². The van der Waals surface area contributed by atoms with Gasteiger partial charge in [-0.1, -0.05) is 36.4 Å². The lowest BCUT2D eigenvalue weighted by molar-refractivity contribution is -0.156. The van der Waals surface area contributed by atoms with E-state index in [1.165, 1.54) is 24.3 Å². The van der Waals surface area contributed by atoms with E-state index in [4.69, 9.17) is 0 Å². The predicted molar refractivity (Wildman–Crippen MR) is 127 cm³/mol. The predicted octanol–water partition coefficient (Wildman–Crippen LogP) is 6.67. The summed E-state index contributed by atoms with van der Waals surface area (Å²) < 4.78 is 82.1. The number of nitrogens with one attached hydrogen (secondary N) is 1. The number of hydrogen-bond acceptors (Lipinski definition) is 3. The minimum atomic E-state index is -4.78. The second-order valence-electron chi connectivity index (χ2n) is 7.34. The van der Waals surface area contributed by atoms with E-state index >= 15 is 0 Å². The Bertz CT molecular complexity index is 1320. The summed E-state index contributed by atoms with van der Waals surface area (Å²) in [6.07, 6.45) is -9.47. The van der Waals surface area contributed by atoms with Crippen LogP contribution in [0.1, 0.15) is 21.5 Å². The average molecular weight is 520 g/mol. The quantitative estimate of drug-likeness (QED) is 0.232. The molecule has 0 radical (unpaired) electrons. The van der Waals surface area contributed by atoms with Crippen LogP contribution in [0, 0.1) is 0 Å². The highest BCUT2D eigenvalue weighted by Gasteiger charge is 2.31. The maximum absolute atomic E-state index is 13.0. The highest BCUT2D eigenvalue weighted by molar-refractivity contribution is 6.10. The molecule has 0 aromatic heterocycles. The van der Waals surface area contributed by atoms with Crippen molar-refractivity contribution in [3.8, 4) is 0 Å². The fourth-order valence-electron chi connectivity index (χ4n) is 2.90. The normalized spacial score (nSPS) is 12.7. The van der Waals surface area contributed by atoms with Gasteiger partial charge in [0.05, 0.1) is 11.3 Å². The molecule has 3 aromatic carbocycles. The van der Waals surface area contributed by atoms with E-state index < -0.39 is 36.5 Å². The lowest BCUT2D eigenvalue weighted by Gasteiger charge is -2.11. The van der Waals surface area contributed by atoms with Crippen LogP contribution in [0.25, 0.3) is 0 Å². The number of carbonyl (C=O) groups is 1. The van der Waals surface area contributed by atoms with Gasteiger partial charge in [0, 0.05) is 16.8 Å². The van der Waals surface area contributed by atoms with Gasteiger partial charge in [0.2, 0.25) is 0 Å². The molecule has 0 aliphatic carbocycles. The van der Waals surface area contributed by atoms with E-state index in [1.54, 1.807) is 30.3 Å². The van der Waals surface area contributed by atoms with Gasteiger partial charge < -0.3 is 10.1 Å². The number of benzene rings is 3. The molecule has 3 aromatic rings. The van der Waals surface area contributed by atoms with Crippen molar-refractivity contribution >= 4 is 35.9 Å². The summed E-state index contributed by atoms with van der Waals surface area (Å²) in [5.41, 5.74) is -0.541. The number of anilines is 1. The molecule has 0 fully saturated rings. The van der Waals surface area contributed by atoms with E-state index in [-0.39, 0.29) is 22.6 Å². The maximum atomic E-state index is 13.0. The molecule has 0 aliphatic rings.